The lowest BCUT2D eigenvalue weighted by Crippen LogP contribution is -2.27. The van der Waals surface area contributed by atoms with Crippen LogP contribution in [0.2, 0.25) is 0 Å². The number of carbonyl (C=O) groups is 1. The molecule has 0 saturated heterocycles. The first kappa shape index (κ1) is 18.5. The third kappa shape index (κ3) is 12.3. The van der Waals surface area contributed by atoms with Gasteiger partial charge in [-0.05, 0) is 12.8 Å². The summed E-state index contributed by atoms with van der Waals surface area (Å²) >= 11 is 0. The molecule has 2 heteroatoms. The number of hydrogen-bond donors (Lipinski definition) is 0. The highest BCUT2D eigenvalue weighted by Crippen LogP contribution is 2.09. The maximum atomic E-state index is 11.9. The first-order chi connectivity index (χ1) is 9.22. The zero-order valence-corrected chi connectivity index (χ0v) is 13.5. The maximum absolute atomic E-state index is 11.9. The van der Waals surface area contributed by atoms with E-state index in [1.165, 1.54) is 64.2 Å². The summed E-state index contributed by atoms with van der Waals surface area (Å²) in [6.07, 6.45) is 14.7. The van der Waals surface area contributed by atoms with Crippen LogP contribution in [0.3, 0.4) is 0 Å². The summed E-state index contributed by atoms with van der Waals surface area (Å²) in [4.78, 5) is 13.8. The van der Waals surface area contributed by atoms with Gasteiger partial charge in [-0.2, -0.15) is 0 Å². The Labute approximate surface area is 120 Å². The van der Waals surface area contributed by atoms with Crippen molar-refractivity contribution in [2.45, 2.75) is 90.9 Å². The molecule has 0 aromatic carbocycles. The van der Waals surface area contributed by atoms with Crippen molar-refractivity contribution < 1.29 is 4.79 Å². The van der Waals surface area contributed by atoms with Gasteiger partial charge in [-0.25, -0.2) is 0 Å². The average Bonchev–Trinajstić information content (AvgIpc) is 2.42. The highest BCUT2D eigenvalue weighted by atomic mass is 16.2. The molecule has 0 aliphatic heterocycles. The van der Waals surface area contributed by atoms with E-state index in [0.717, 1.165) is 19.4 Å². The lowest BCUT2D eigenvalue weighted by atomic mass is 10.1. The number of carbonyl (C=O) groups excluding carboxylic acids is 1. The summed E-state index contributed by atoms with van der Waals surface area (Å²) in [5.74, 6) is 0.339. The molecule has 1 amide bonds. The van der Waals surface area contributed by atoms with Crippen LogP contribution in [0.1, 0.15) is 90.9 Å². The molecule has 0 N–H and O–H groups in total. The van der Waals surface area contributed by atoms with Crippen molar-refractivity contribution >= 4 is 5.91 Å². The SMILES string of the molecule is CCCCCCCCC(=O)N(C)CCCCCCC. The van der Waals surface area contributed by atoms with E-state index in [4.69, 9.17) is 0 Å². The molecule has 114 valence electrons. The molecular weight excluding hydrogens is 234 g/mol. The first-order valence-corrected chi connectivity index (χ1v) is 8.46. The van der Waals surface area contributed by atoms with E-state index in [2.05, 4.69) is 13.8 Å². The molecule has 0 saturated carbocycles. The van der Waals surface area contributed by atoms with Crippen molar-refractivity contribution in [3.63, 3.8) is 0 Å². The number of nitrogens with zero attached hydrogens (tertiary/aromatic N) is 1. The van der Waals surface area contributed by atoms with Gasteiger partial charge in [-0.3, -0.25) is 4.79 Å². The van der Waals surface area contributed by atoms with Crippen molar-refractivity contribution in [3.8, 4) is 0 Å². The predicted octanol–water partition coefficient (Wildman–Crippen LogP) is 5.17. The van der Waals surface area contributed by atoms with Gasteiger partial charge in [0.1, 0.15) is 0 Å². The molecule has 0 heterocycles. The Bertz CT molecular complexity index is 203. The van der Waals surface area contributed by atoms with Crippen LogP contribution in [-0.4, -0.2) is 24.4 Å². The van der Waals surface area contributed by atoms with Gasteiger partial charge >= 0.3 is 0 Å². The third-order valence-electron chi connectivity index (χ3n) is 3.77. The molecule has 0 bridgehead atoms. The smallest absolute Gasteiger partial charge is 0.222 e. The number of rotatable bonds is 13. The molecule has 0 aliphatic carbocycles. The molecule has 0 atom stereocenters. The van der Waals surface area contributed by atoms with E-state index in [9.17, 15) is 4.79 Å². The topological polar surface area (TPSA) is 20.3 Å². The standard InChI is InChI=1S/C17H35NO/c1-4-6-8-10-11-13-15-17(19)18(3)16-14-12-9-7-5-2/h4-16H2,1-3H3. The second-order valence-corrected chi connectivity index (χ2v) is 5.75. The summed E-state index contributed by atoms with van der Waals surface area (Å²) in [7, 11) is 1.96. The van der Waals surface area contributed by atoms with E-state index in [1.807, 2.05) is 11.9 Å². The highest BCUT2D eigenvalue weighted by Gasteiger charge is 2.07. The number of hydrogen-bond acceptors (Lipinski definition) is 1. The number of unbranched alkanes of at least 4 members (excludes halogenated alkanes) is 9. The largest absolute Gasteiger partial charge is 0.346 e. The van der Waals surface area contributed by atoms with Gasteiger partial charge in [0.05, 0.1) is 0 Å². The Morgan fingerprint density at radius 2 is 1.21 bits per heavy atom. The predicted molar refractivity (Wildman–Crippen MR) is 84.4 cm³/mol. The van der Waals surface area contributed by atoms with Crippen LogP contribution in [0.15, 0.2) is 0 Å². The van der Waals surface area contributed by atoms with Crippen molar-refractivity contribution in [2.75, 3.05) is 13.6 Å². The Hall–Kier alpha value is -0.530. The summed E-state index contributed by atoms with van der Waals surface area (Å²) in [6, 6.07) is 0. The van der Waals surface area contributed by atoms with Gasteiger partial charge < -0.3 is 4.90 Å². The highest BCUT2D eigenvalue weighted by molar-refractivity contribution is 5.75. The van der Waals surface area contributed by atoms with E-state index < -0.39 is 0 Å². The Balaban J connectivity index is 3.38. The van der Waals surface area contributed by atoms with Crippen LogP contribution in [0.5, 0.6) is 0 Å². The molecule has 0 aromatic heterocycles. The minimum absolute atomic E-state index is 0.339. The zero-order chi connectivity index (χ0) is 14.3. The molecular formula is C17H35NO. The summed E-state index contributed by atoms with van der Waals surface area (Å²) in [5.41, 5.74) is 0. The number of amides is 1. The molecule has 0 spiro atoms. The van der Waals surface area contributed by atoms with Gasteiger partial charge in [-0.15, -0.1) is 0 Å². The summed E-state index contributed by atoms with van der Waals surface area (Å²) in [5, 5.41) is 0. The lowest BCUT2D eigenvalue weighted by Gasteiger charge is -2.17. The molecule has 0 fully saturated rings. The Kier molecular flexibility index (Phi) is 13.5. The van der Waals surface area contributed by atoms with Crippen LogP contribution in [0.4, 0.5) is 0 Å². The van der Waals surface area contributed by atoms with Gasteiger partial charge in [-0.1, -0.05) is 71.6 Å². The third-order valence-corrected chi connectivity index (χ3v) is 3.77. The second kappa shape index (κ2) is 13.9. The van der Waals surface area contributed by atoms with Crippen LogP contribution in [-0.2, 0) is 4.79 Å². The molecule has 2 nitrogen and oxygen atoms in total. The molecule has 0 unspecified atom stereocenters. The lowest BCUT2D eigenvalue weighted by molar-refractivity contribution is -0.130. The quantitative estimate of drug-likeness (QED) is 0.423. The van der Waals surface area contributed by atoms with Crippen molar-refractivity contribution in [1.29, 1.82) is 0 Å². The van der Waals surface area contributed by atoms with Crippen LogP contribution in [0, 0.1) is 0 Å². The van der Waals surface area contributed by atoms with Gasteiger partial charge in [0.15, 0.2) is 0 Å². The molecule has 0 aromatic rings. The summed E-state index contributed by atoms with van der Waals surface area (Å²) in [6.45, 7) is 5.41. The fourth-order valence-electron chi connectivity index (χ4n) is 2.32. The van der Waals surface area contributed by atoms with Crippen molar-refractivity contribution in [1.82, 2.24) is 4.90 Å². The van der Waals surface area contributed by atoms with Crippen LogP contribution < -0.4 is 0 Å². The molecule has 0 aliphatic rings. The minimum atomic E-state index is 0.339. The second-order valence-electron chi connectivity index (χ2n) is 5.75. The van der Waals surface area contributed by atoms with Gasteiger partial charge in [0.25, 0.3) is 0 Å². The molecule has 19 heavy (non-hydrogen) atoms. The zero-order valence-electron chi connectivity index (χ0n) is 13.5. The Morgan fingerprint density at radius 3 is 1.79 bits per heavy atom. The van der Waals surface area contributed by atoms with Crippen LogP contribution in [0.25, 0.3) is 0 Å². The first-order valence-electron chi connectivity index (χ1n) is 8.46. The van der Waals surface area contributed by atoms with Crippen LogP contribution >= 0.6 is 0 Å². The normalized spacial score (nSPS) is 10.7. The monoisotopic (exact) mass is 269 g/mol. The van der Waals surface area contributed by atoms with E-state index >= 15 is 0 Å². The van der Waals surface area contributed by atoms with E-state index in [1.54, 1.807) is 0 Å². The van der Waals surface area contributed by atoms with Gasteiger partial charge in [0, 0.05) is 20.0 Å². The molecule has 0 rings (SSSR count). The van der Waals surface area contributed by atoms with E-state index in [0.29, 0.717) is 5.91 Å². The molecule has 0 radical (unpaired) electrons. The maximum Gasteiger partial charge on any atom is 0.222 e. The summed E-state index contributed by atoms with van der Waals surface area (Å²) < 4.78 is 0. The fourth-order valence-corrected chi connectivity index (χ4v) is 2.32. The van der Waals surface area contributed by atoms with Crippen molar-refractivity contribution in [3.05, 3.63) is 0 Å². The fraction of sp³-hybridized carbons (Fsp3) is 0.941. The van der Waals surface area contributed by atoms with Crippen molar-refractivity contribution in [2.24, 2.45) is 0 Å². The average molecular weight is 269 g/mol. The Morgan fingerprint density at radius 1 is 0.737 bits per heavy atom. The van der Waals surface area contributed by atoms with Gasteiger partial charge in [0.2, 0.25) is 5.91 Å². The van der Waals surface area contributed by atoms with E-state index in [-0.39, 0.29) is 0 Å². The minimum Gasteiger partial charge on any atom is -0.346 e.